The molecule has 16 heavy (non-hydrogen) atoms. The van der Waals surface area contributed by atoms with Gasteiger partial charge in [0.25, 0.3) is 0 Å². The fourth-order valence-electron chi connectivity index (χ4n) is 2.25. The first-order chi connectivity index (χ1) is 7.65. The quantitative estimate of drug-likeness (QED) is 0.822. The number of halogens is 2. The maximum Gasteiger partial charge on any atom is 0.126 e. The molecular formula is C12H15F2NO. The Morgan fingerprint density at radius 1 is 1.38 bits per heavy atom. The van der Waals surface area contributed by atoms with E-state index in [0.29, 0.717) is 12.0 Å². The van der Waals surface area contributed by atoms with Crippen molar-refractivity contribution in [1.29, 1.82) is 0 Å². The van der Waals surface area contributed by atoms with Gasteiger partial charge >= 0.3 is 0 Å². The van der Waals surface area contributed by atoms with E-state index < -0.39 is 17.2 Å². The fourth-order valence-corrected chi connectivity index (χ4v) is 2.25. The minimum absolute atomic E-state index is 0.0526. The molecule has 2 N–H and O–H groups in total. The molecule has 4 heteroatoms. The highest BCUT2D eigenvalue weighted by Crippen LogP contribution is 2.25. The summed E-state index contributed by atoms with van der Waals surface area (Å²) in [5, 5.41) is 12.5. The van der Waals surface area contributed by atoms with Crippen molar-refractivity contribution in [1.82, 2.24) is 5.32 Å². The second-order valence-corrected chi connectivity index (χ2v) is 4.38. The average molecular weight is 227 g/mol. The molecule has 0 aromatic heterocycles. The van der Waals surface area contributed by atoms with Gasteiger partial charge in [-0.1, -0.05) is 0 Å². The van der Waals surface area contributed by atoms with Gasteiger partial charge < -0.3 is 10.4 Å². The summed E-state index contributed by atoms with van der Waals surface area (Å²) in [6.07, 6.45) is 2.07. The van der Waals surface area contributed by atoms with Crippen LogP contribution in [0.5, 0.6) is 0 Å². The predicted molar refractivity (Wildman–Crippen MR) is 57.1 cm³/mol. The second-order valence-electron chi connectivity index (χ2n) is 4.38. The first-order valence-corrected chi connectivity index (χ1v) is 5.45. The van der Waals surface area contributed by atoms with E-state index in [0.717, 1.165) is 31.5 Å². The van der Waals surface area contributed by atoms with Crippen LogP contribution in [-0.2, 0) is 6.42 Å². The molecule has 1 saturated heterocycles. The molecule has 1 heterocycles. The second kappa shape index (κ2) is 4.47. The Bertz CT molecular complexity index is 375. The summed E-state index contributed by atoms with van der Waals surface area (Å²) in [5.41, 5.74) is -0.155. The standard InChI is InChI=1S/C12H15F2NO/c13-10-2-3-11(14)9(6-10)7-12(8-16)4-1-5-15-12/h2-3,6,15-16H,1,4-5,7-8H2. The van der Waals surface area contributed by atoms with Gasteiger partial charge in [0.1, 0.15) is 11.6 Å². The lowest BCUT2D eigenvalue weighted by molar-refractivity contribution is 0.176. The van der Waals surface area contributed by atoms with Gasteiger partial charge in [0.2, 0.25) is 0 Å². The average Bonchev–Trinajstić information content (AvgIpc) is 2.73. The van der Waals surface area contributed by atoms with Crippen molar-refractivity contribution >= 4 is 0 Å². The van der Waals surface area contributed by atoms with Gasteiger partial charge in [-0.15, -0.1) is 0 Å². The van der Waals surface area contributed by atoms with E-state index in [2.05, 4.69) is 5.32 Å². The van der Waals surface area contributed by atoms with Crippen molar-refractivity contribution < 1.29 is 13.9 Å². The lowest BCUT2D eigenvalue weighted by Crippen LogP contribution is -2.45. The molecule has 1 fully saturated rings. The van der Waals surface area contributed by atoms with Crippen LogP contribution in [0, 0.1) is 11.6 Å². The van der Waals surface area contributed by atoms with Gasteiger partial charge in [-0.3, -0.25) is 0 Å². The number of benzene rings is 1. The minimum atomic E-state index is -0.478. The molecular weight excluding hydrogens is 212 g/mol. The number of rotatable bonds is 3. The summed E-state index contributed by atoms with van der Waals surface area (Å²) in [6, 6.07) is 3.43. The molecule has 1 aliphatic rings. The highest BCUT2D eigenvalue weighted by molar-refractivity contribution is 5.22. The van der Waals surface area contributed by atoms with Crippen LogP contribution in [0.25, 0.3) is 0 Å². The first-order valence-electron chi connectivity index (χ1n) is 5.45. The molecule has 88 valence electrons. The summed E-state index contributed by atoms with van der Waals surface area (Å²) in [6.45, 7) is 0.764. The Morgan fingerprint density at radius 2 is 2.19 bits per heavy atom. The lowest BCUT2D eigenvalue weighted by atomic mass is 9.90. The van der Waals surface area contributed by atoms with Crippen molar-refractivity contribution in [3.8, 4) is 0 Å². The topological polar surface area (TPSA) is 32.3 Å². The Labute approximate surface area is 93.3 Å². The van der Waals surface area contributed by atoms with Crippen LogP contribution in [0.15, 0.2) is 18.2 Å². The van der Waals surface area contributed by atoms with E-state index in [4.69, 9.17) is 0 Å². The van der Waals surface area contributed by atoms with Crippen LogP contribution in [0.3, 0.4) is 0 Å². The molecule has 0 saturated carbocycles. The number of aliphatic hydroxyl groups excluding tert-OH is 1. The summed E-state index contributed by atoms with van der Waals surface area (Å²) in [7, 11) is 0. The molecule has 1 atom stereocenters. The third-order valence-electron chi connectivity index (χ3n) is 3.17. The Hall–Kier alpha value is -1.00. The van der Waals surface area contributed by atoms with Crippen LogP contribution < -0.4 is 5.32 Å². The van der Waals surface area contributed by atoms with Crippen molar-refractivity contribution in [3.63, 3.8) is 0 Å². The zero-order valence-corrected chi connectivity index (χ0v) is 8.97. The summed E-state index contributed by atoms with van der Waals surface area (Å²) < 4.78 is 26.5. The SMILES string of the molecule is OCC1(Cc2cc(F)ccc2F)CCCN1. The zero-order valence-electron chi connectivity index (χ0n) is 8.97. The smallest absolute Gasteiger partial charge is 0.126 e. The molecule has 0 radical (unpaired) electrons. The van der Waals surface area contributed by atoms with Gasteiger partial charge in [0.15, 0.2) is 0 Å². The van der Waals surface area contributed by atoms with Crippen LogP contribution in [0.1, 0.15) is 18.4 Å². The van der Waals surface area contributed by atoms with E-state index in [9.17, 15) is 13.9 Å². The van der Waals surface area contributed by atoms with Crippen molar-refractivity contribution in [3.05, 3.63) is 35.4 Å². The highest BCUT2D eigenvalue weighted by Gasteiger charge is 2.33. The normalized spacial score (nSPS) is 24.9. The Balaban J connectivity index is 2.21. The third kappa shape index (κ3) is 2.23. The van der Waals surface area contributed by atoms with Crippen LogP contribution >= 0.6 is 0 Å². The predicted octanol–water partition coefficient (Wildman–Crippen LogP) is 1.62. The molecule has 1 aromatic rings. The molecule has 0 amide bonds. The first kappa shape index (κ1) is 11.5. The molecule has 0 spiro atoms. The van der Waals surface area contributed by atoms with E-state index in [1.807, 2.05) is 0 Å². The van der Waals surface area contributed by atoms with Gasteiger partial charge in [-0.25, -0.2) is 8.78 Å². The van der Waals surface area contributed by atoms with Crippen molar-refractivity contribution in [2.45, 2.75) is 24.8 Å². The monoisotopic (exact) mass is 227 g/mol. The van der Waals surface area contributed by atoms with E-state index in [1.165, 1.54) is 6.07 Å². The summed E-state index contributed by atoms with van der Waals surface area (Å²) in [4.78, 5) is 0. The number of nitrogens with one attached hydrogen (secondary N) is 1. The number of aliphatic hydroxyl groups is 1. The van der Waals surface area contributed by atoms with E-state index in [1.54, 1.807) is 0 Å². The summed E-state index contributed by atoms with van der Waals surface area (Å²) in [5.74, 6) is -0.856. The Morgan fingerprint density at radius 3 is 2.81 bits per heavy atom. The van der Waals surface area contributed by atoms with Crippen LogP contribution in [0.2, 0.25) is 0 Å². The largest absolute Gasteiger partial charge is 0.394 e. The zero-order chi connectivity index (χ0) is 11.6. The van der Waals surface area contributed by atoms with Gasteiger partial charge in [-0.2, -0.15) is 0 Å². The third-order valence-corrected chi connectivity index (χ3v) is 3.17. The maximum atomic E-state index is 13.5. The number of hydrogen-bond acceptors (Lipinski definition) is 2. The van der Waals surface area contributed by atoms with Crippen LogP contribution in [0.4, 0.5) is 8.78 Å². The maximum absolute atomic E-state index is 13.5. The number of hydrogen-bond donors (Lipinski definition) is 2. The molecule has 1 unspecified atom stereocenters. The highest BCUT2D eigenvalue weighted by atomic mass is 19.1. The van der Waals surface area contributed by atoms with Gasteiger partial charge in [0, 0.05) is 5.54 Å². The van der Waals surface area contributed by atoms with Crippen molar-refractivity contribution in [2.75, 3.05) is 13.2 Å². The molecule has 2 nitrogen and oxygen atoms in total. The van der Waals surface area contributed by atoms with E-state index in [-0.39, 0.29) is 6.61 Å². The van der Waals surface area contributed by atoms with Gasteiger partial charge in [0.05, 0.1) is 6.61 Å². The lowest BCUT2D eigenvalue weighted by Gasteiger charge is -2.27. The van der Waals surface area contributed by atoms with Gasteiger partial charge in [-0.05, 0) is 49.6 Å². The van der Waals surface area contributed by atoms with E-state index >= 15 is 0 Å². The minimum Gasteiger partial charge on any atom is -0.394 e. The molecule has 1 aromatic carbocycles. The Kier molecular flexibility index (Phi) is 3.21. The molecule has 2 rings (SSSR count). The van der Waals surface area contributed by atoms with Crippen LogP contribution in [-0.4, -0.2) is 23.8 Å². The van der Waals surface area contributed by atoms with Crippen molar-refractivity contribution in [2.24, 2.45) is 0 Å². The molecule has 0 aliphatic carbocycles. The molecule has 1 aliphatic heterocycles. The fraction of sp³-hybridized carbons (Fsp3) is 0.500. The molecule has 0 bridgehead atoms. The summed E-state index contributed by atoms with van der Waals surface area (Å²) >= 11 is 0.